The molecule has 35 heavy (non-hydrogen) atoms. The summed E-state index contributed by atoms with van der Waals surface area (Å²) in [6, 6.07) is 10.9. The van der Waals surface area contributed by atoms with Crippen LogP contribution in [0.1, 0.15) is 63.0 Å². The molecule has 0 saturated carbocycles. The van der Waals surface area contributed by atoms with Gasteiger partial charge in [-0.15, -0.1) is 0 Å². The molecule has 0 radical (unpaired) electrons. The van der Waals surface area contributed by atoms with E-state index in [9.17, 15) is 23.6 Å². The second kappa shape index (κ2) is 13.6. The van der Waals surface area contributed by atoms with Crippen molar-refractivity contribution in [2.24, 2.45) is 0 Å². The van der Waals surface area contributed by atoms with E-state index in [4.69, 9.17) is 0 Å². The number of rotatable bonds is 15. The number of anilines is 1. The summed E-state index contributed by atoms with van der Waals surface area (Å²) in [6.45, 7) is 1.92. The third-order valence-corrected chi connectivity index (χ3v) is 8.36. The number of hydrogen-bond donors (Lipinski definition) is 1. The molecule has 1 unspecified atom stereocenters. The lowest BCUT2D eigenvalue weighted by molar-refractivity contribution is -0.384. The van der Waals surface area contributed by atoms with E-state index < -0.39 is 21.0 Å². The predicted molar refractivity (Wildman–Crippen MR) is 140 cm³/mol. The molecule has 0 saturated heterocycles. The molecule has 0 amide bonds. The first-order valence-electron chi connectivity index (χ1n) is 12.2. The molecule has 0 aliphatic rings. The number of hydrogen-bond acceptors (Lipinski definition) is 6. The Hall–Kier alpha value is -2.49. The van der Waals surface area contributed by atoms with Crippen LogP contribution in [0.5, 0.6) is 0 Å². The van der Waals surface area contributed by atoms with E-state index >= 15 is 0 Å². The minimum Gasteiger partial charge on any atom is -0.395 e. The molecule has 0 aliphatic heterocycles. The first kappa shape index (κ1) is 28.7. The van der Waals surface area contributed by atoms with E-state index in [2.05, 4.69) is 6.92 Å². The van der Waals surface area contributed by atoms with Gasteiger partial charge in [0.15, 0.2) is 0 Å². The zero-order valence-electron chi connectivity index (χ0n) is 21.3. The zero-order valence-corrected chi connectivity index (χ0v) is 22.1. The number of benzene rings is 2. The third kappa shape index (κ3) is 8.02. The molecule has 0 fully saturated rings. The molecule has 0 aromatic heterocycles. The van der Waals surface area contributed by atoms with Crippen molar-refractivity contribution in [1.29, 1.82) is 0 Å². The second-order valence-electron chi connectivity index (χ2n) is 9.20. The molecule has 1 N–H and O–H groups in total. The average Bonchev–Trinajstić information content (AvgIpc) is 2.83. The minimum absolute atomic E-state index is 0.0351. The molecular weight excluding hydrogens is 466 g/mol. The number of unbranched alkanes of at least 4 members (excludes halogenated alkanes) is 5. The summed E-state index contributed by atoms with van der Waals surface area (Å²) >= 11 is 0. The molecule has 2 aromatic carbocycles. The van der Waals surface area contributed by atoms with E-state index in [-0.39, 0.29) is 23.6 Å². The standard InChI is InChI=1S/C26H39N3O5S/c1-5-6-7-8-9-10-13-25(20-30)28(4)35(33,34)26-16-15-23(27(2)3)19-22(26)17-21-12-11-14-24(18-21)29(31)32/h11-12,14-16,18-19,25,30H,5-10,13,17,20H2,1-4H3. The fourth-order valence-corrected chi connectivity index (χ4v) is 5.71. The van der Waals surface area contributed by atoms with Crippen LogP contribution in [0.25, 0.3) is 0 Å². The van der Waals surface area contributed by atoms with Crippen molar-refractivity contribution in [2.45, 2.75) is 69.2 Å². The van der Waals surface area contributed by atoms with E-state index in [1.54, 1.807) is 30.3 Å². The molecule has 0 bridgehead atoms. The quantitative estimate of drug-likeness (QED) is 0.208. The van der Waals surface area contributed by atoms with Crippen LogP contribution in [0, 0.1) is 10.1 Å². The zero-order chi connectivity index (χ0) is 26.0. The summed E-state index contributed by atoms with van der Waals surface area (Å²) in [7, 11) is 1.36. The molecule has 0 spiro atoms. The molecule has 194 valence electrons. The van der Waals surface area contributed by atoms with Gasteiger partial charge in [0.1, 0.15) is 0 Å². The van der Waals surface area contributed by atoms with Gasteiger partial charge in [-0.3, -0.25) is 10.1 Å². The van der Waals surface area contributed by atoms with Crippen LogP contribution in [0.2, 0.25) is 0 Å². The summed E-state index contributed by atoms with van der Waals surface area (Å²) in [5.41, 5.74) is 2.00. The van der Waals surface area contributed by atoms with Gasteiger partial charge in [-0.1, -0.05) is 57.6 Å². The van der Waals surface area contributed by atoms with Gasteiger partial charge >= 0.3 is 0 Å². The Kier molecular flexibility index (Phi) is 11.1. The molecule has 0 heterocycles. The number of non-ortho nitro benzene ring substituents is 1. The summed E-state index contributed by atoms with van der Waals surface area (Å²) in [5.74, 6) is 0. The smallest absolute Gasteiger partial charge is 0.269 e. The Morgan fingerprint density at radius 2 is 1.69 bits per heavy atom. The van der Waals surface area contributed by atoms with Gasteiger partial charge in [0.2, 0.25) is 10.0 Å². The average molecular weight is 506 g/mol. The lowest BCUT2D eigenvalue weighted by Crippen LogP contribution is -2.39. The van der Waals surface area contributed by atoms with Crippen LogP contribution in [-0.4, -0.2) is 56.5 Å². The molecule has 8 nitrogen and oxygen atoms in total. The first-order valence-corrected chi connectivity index (χ1v) is 13.7. The number of nitrogens with zero attached hydrogens (tertiary/aromatic N) is 3. The van der Waals surface area contributed by atoms with Gasteiger partial charge < -0.3 is 10.0 Å². The highest BCUT2D eigenvalue weighted by molar-refractivity contribution is 7.89. The van der Waals surface area contributed by atoms with E-state index in [1.165, 1.54) is 42.7 Å². The van der Waals surface area contributed by atoms with Crippen molar-refractivity contribution in [1.82, 2.24) is 4.31 Å². The van der Waals surface area contributed by atoms with Crippen molar-refractivity contribution in [3.8, 4) is 0 Å². The fraction of sp³-hybridized carbons (Fsp3) is 0.538. The van der Waals surface area contributed by atoms with Gasteiger partial charge in [0, 0.05) is 45.0 Å². The molecule has 2 aromatic rings. The number of likely N-dealkylation sites (N-methyl/N-ethyl adjacent to an activating group) is 1. The van der Waals surface area contributed by atoms with Crippen LogP contribution in [0.3, 0.4) is 0 Å². The maximum absolute atomic E-state index is 13.7. The summed E-state index contributed by atoms with van der Waals surface area (Å²) in [4.78, 5) is 12.8. The van der Waals surface area contributed by atoms with Gasteiger partial charge in [0.05, 0.1) is 16.4 Å². The topological polar surface area (TPSA) is 104 Å². The summed E-state index contributed by atoms with van der Waals surface area (Å²) in [5, 5.41) is 21.2. The molecular formula is C26H39N3O5S. The van der Waals surface area contributed by atoms with Crippen molar-refractivity contribution >= 4 is 21.4 Å². The van der Waals surface area contributed by atoms with E-state index in [0.717, 1.165) is 24.9 Å². The lowest BCUT2D eigenvalue weighted by atomic mass is 10.0. The Balaban J connectivity index is 2.32. The van der Waals surface area contributed by atoms with Gasteiger partial charge in [-0.05, 0) is 42.2 Å². The lowest BCUT2D eigenvalue weighted by Gasteiger charge is -2.27. The van der Waals surface area contributed by atoms with Crippen LogP contribution < -0.4 is 4.90 Å². The molecule has 2 rings (SSSR count). The van der Waals surface area contributed by atoms with Crippen LogP contribution in [-0.2, 0) is 16.4 Å². The number of nitro groups is 1. The number of aliphatic hydroxyl groups is 1. The van der Waals surface area contributed by atoms with Crippen LogP contribution >= 0.6 is 0 Å². The second-order valence-corrected chi connectivity index (χ2v) is 11.2. The first-order chi connectivity index (χ1) is 16.6. The monoisotopic (exact) mass is 505 g/mol. The fourth-order valence-electron chi connectivity index (χ4n) is 4.13. The van der Waals surface area contributed by atoms with Crippen molar-refractivity contribution < 1.29 is 18.4 Å². The van der Waals surface area contributed by atoms with Crippen LogP contribution in [0.4, 0.5) is 11.4 Å². The van der Waals surface area contributed by atoms with E-state index in [0.29, 0.717) is 17.5 Å². The normalized spacial score (nSPS) is 12.6. The van der Waals surface area contributed by atoms with Crippen molar-refractivity contribution in [2.75, 3.05) is 32.6 Å². The molecule has 9 heteroatoms. The van der Waals surface area contributed by atoms with Gasteiger partial charge in [-0.2, -0.15) is 4.31 Å². The highest BCUT2D eigenvalue weighted by Crippen LogP contribution is 2.29. The molecule has 1 atom stereocenters. The van der Waals surface area contributed by atoms with Gasteiger partial charge in [-0.25, -0.2) is 8.42 Å². The van der Waals surface area contributed by atoms with Crippen LogP contribution in [0.15, 0.2) is 47.4 Å². The largest absolute Gasteiger partial charge is 0.395 e. The molecule has 0 aliphatic carbocycles. The number of sulfonamides is 1. The van der Waals surface area contributed by atoms with Crippen molar-refractivity contribution in [3.63, 3.8) is 0 Å². The Morgan fingerprint density at radius 3 is 2.31 bits per heavy atom. The Morgan fingerprint density at radius 1 is 1.00 bits per heavy atom. The summed E-state index contributed by atoms with van der Waals surface area (Å²) < 4.78 is 28.6. The summed E-state index contributed by atoms with van der Waals surface area (Å²) in [6.07, 6.45) is 7.35. The van der Waals surface area contributed by atoms with Crippen molar-refractivity contribution in [3.05, 3.63) is 63.7 Å². The maximum Gasteiger partial charge on any atom is 0.269 e. The minimum atomic E-state index is -3.90. The highest BCUT2D eigenvalue weighted by atomic mass is 32.2. The Bertz CT molecular complexity index is 1070. The third-order valence-electron chi connectivity index (χ3n) is 6.35. The Labute approximate surface area is 209 Å². The van der Waals surface area contributed by atoms with E-state index in [1.807, 2.05) is 19.0 Å². The predicted octanol–water partition coefficient (Wildman–Crippen LogP) is 4.98. The maximum atomic E-state index is 13.7. The number of nitro benzene ring substituents is 1. The SMILES string of the molecule is CCCCCCCCC(CO)N(C)S(=O)(=O)c1ccc(N(C)C)cc1Cc1cccc([N+](=O)[O-])c1. The highest BCUT2D eigenvalue weighted by Gasteiger charge is 2.29. The van der Waals surface area contributed by atoms with Gasteiger partial charge in [0.25, 0.3) is 5.69 Å². The number of aliphatic hydroxyl groups excluding tert-OH is 1.